The van der Waals surface area contributed by atoms with E-state index in [0.717, 1.165) is 30.5 Å². The minimum Gasteiger partial charge on any atom is -0.294 e. The van der Waals surface area contributed by atoms with E-state index >= 15 is 0 Å². The number of carbonyl (C=O) groups is 1. The Morgan fingerprint density at radius 2 is 2.04 bits per heavy atom. The van der Waals surface area contributed by atoms with Gasteiger partial charge in [0.15, 0.2) is 0 Å². The van der Waals surface area contributed by atoms with Crippen molar-refractivity contribution in [3.63, 3.8) is 0 Å². The van der Waals surface area contributed by atoms with Crippen molar-refractivity contribution in [1.82, 2.24) is 4.98 Å². The highest BCUT2D eigenvalue weighted by Crippen LogP contribution is 2.53. The van der Waals surface area contributed by atoms with Crippen LogP contribution >= 0.6 is 23.4 Å². The van der Waals surface area contributed by atoms with Crippen molar-refractivity contribution < 1.29 is 4.79 Å². The van der Waals surface area contributed by atoms with Crippen LogP contribution in [-0.2, 0) is 4.79 Å². The quantitative estimate of drug-likeness (QED) is 0.709. The summed E-state index contributed by atoms with van der Waals surface area (Å²) in [5, 5.41) is 0.610. The van der Waals surface area contributed by atoms with E-state index in [1.165, 1.54) is 0 Å². The molecule has 5 heteroatoms. The lowest BCUT2D eigenvalue weighted by atomic mass is 10.0. The molecule has 1 saturated heterocycles. The van der Waals surface area contributed by atoms with Crippen LogP contribution < -0.4 is 4.90 Å². The van der Waals surface area contributed by atoms with Crippen LogP contribution in [0, 0.1) is 0 Å². The minimum atomic E-state index is -0.407. The van der Waals surface area contributed by atoms with E-state index in [-0.39, 0.29) is 11.3 Å². The Kier molecular flexibility index (Phi) is 5.16. The number of hydrogen-bond donors (Lipinski definition) is 0. The largest absolute Gasteiger partial charge is 0.294 e. The zero-order valence-corrected chi connectivity index (χ0v) is 15.5. The maximum absolute atomic E-state index is 13.3. The third-order valence-electron chi connectivity index (χ3n) is 4.36. The molecule has 126 valence electrons. The van der Waals surface area contributed by atoms with Crippen molar-refractivity contribution >= 4 is 35.0 Å². The Morgan fingerprint density at radius 3 is 2.67 bits per heavy atom. The van der Waals surface area contributed by atoms with Gasteiger partial charge in [-0.25, -0.2) is 0 Å². The van der Waals surface area contributed by atoms with Crippen LogP contribution in [0.25, 0.3) is 0 Å². The fourth-order valence-electron chi connectivity index (χ4n) is 2.98. The summed E-state index contributed by atoms with van der Waals surface area (Å²) >= 11 is 7.74. The van der Waals surface area contributed by atoms with E-state index in [1.54, 1.807) is 18.0 Å². The van der Waals surface area contributed by atoms with E-state index in [9.17, 15) is 4.79 Å². The first kappa shape index (κ1) is 17.3. The first-order valence-corrected chi connectivity index (χ1v) is 9.48. The number of amides is 1. The number of halogens is 1. The predicted octanol–water partition coefficient (Wildman–Crippen LogP) is 5.46. The van der Waals surface area contributed by atoms with Crippen molar-refractivity contribution in [3.05, 3.63) is 59.4 Å². The number of rotatable bonds is 5. The lowest BCUT2D eigenvalue weighted by molar-refractivity contribution is -0.120. The first-order valence-electron chi connectivity index (χ1n) is 8.22. The second kappa shape index (κ2) is 7.16. The summed E-state index contributed by atoms with van der Waals surface area (Å²) in [4.78, 5) is 19.4. The van der Waals surface area contributed by atoms with Crippen LogP contribution in [0.4, 0.5) is 5.69 Å². The molecule has 1 aliphatic heterocycles. The number of aromatic nitrogens is 1. The topological polar surface area (TPSA) is 33.2 Å². The smallest absolute Gasteiger partial charge is 0.244 e. The molecule has 0 N–H and O–H groups in total. The van der Waals surface area contributed by atoms with E-state index < -0.39 is 4.75 Å². The summed E-state index contributed by atoms with van der Waals surface area (Å²) in [7, 11) is 0. The molecule has 2 heterocycles. The van der Waals surface area contributed by atoms with Gasteiger partial charge < -0.3 is 0 Å². The van der Waals surface area contributed by atoms with Crippen molar-refractivity contribution in [2.75, 3.05) is 4.90 Å². The van der Waals surface area contributed by atoms with Crippen LogP contribution in [0.3, 0.4) is 0 Å². The van der Waals surface area contributed by atoms with Gasteiger partial charge in [-0.2, -0.15) is 0 Å². The molecule has 3 rings (SSSR count). The van der Waals surface area contributed by atoms with Crippen LogP contribution in [0.5, 0.6) is 0 Å². The summed E-state index contributed by atoms with van der Waals surface area (Å²) in [6.45, 7) is 4.22. The van der Waals surface area contributed by atoms with Gasteiger partial charge in [0, 0.05) is 28.7 Å². The average molecular weight is 361 g/mol. The van der Waals surface area contributed by atoms with Crippen molar-refractivity contribution in [1.29, 1.82) is 0 Å². The van der Waals surface area contributed by atoms with E-state index in [1.807, 2.05) is 47.5 Å². The van der Waals surface area contributed by atoms with Crippen LogP contribution in [0.15, 0.2) is 48.8 Å². The molecule has 0 spiro atoms. The molecular formula is C19H21ClN2OS. The van der Waals surface area contributed by atoms with Gasteiger partial charge in [0.25, 0.3) is 0 Å². The molecule has 1 aromatic heterocycles. The monoisotopic (exact) mass is 360 g/mol. The lowest BCUT2D eigenvalue weighted by Crippen LogP contribution is -2.37. The molecule has 0 saturated carbocycles. The van der Waals surface area contributed by atoms with Gasteiger partial charge in [-0.1, -0.05) is 37.4 Å². The fraction of sp³-hybridized carbons (Fsp3) is 0.368. The van der Waals surface area contributed by atoms with Gasteiger partial charge in [0.05, 0.1) is 4.75 Å². The van der Waals surface area contributed by atoms with Gasteiger partial charge in [-0.05, 0) is 43.7 Å². The highest BCUT2D eigenvalue weighted by atomic mass is 35.5. The number of hydrogen-bond acceptors (Lipinski definition) is 3. The van der Waals surface area contributed by atoms with Crippen LogP contribution in [-0.4, -0.2) is 15.6 Å². The summed E-state index contributed by atoms with van der Waals surface area (Å²) in [6.07, 6.45) is 6.62. The molecule has 1 aromatic carbocycles. The van der Waals surface area contributed by atoms with Crippen molar-refractivity contribution in [3.8, 4) is 0 Å². The third kappa shape index (κ3) is 3.31. The molecule has 2 atom stereocenters. The normalized spacial score (nSPS) is 23.7. The Balaban J connectivity index is 2.00. The lowest BCUT2D eigenvalue weighted by Gasteiger charge is -2.24. The Bertz CT molecular complexity index is 707. The van der Waals surface area contributed by atoms with E-state index in [4.69, 9.17) is 11.6 Å². The first-order chi connectivity index (χ1) is 11.5. The van der Waals surface area contributed by atoms with E-state index in [2.05, 4.69) is 18.8 Å². The van der Waals surface area contributed by atoms with E-state index in [0.29, 0.717) is 5.02 Å². The highest BCUT2D eigenvalue weighted by molar-refractivity contribution is 8.02. The molecule has 2 aromatic rings. The van der Waals surface area contributed by atoms with Crippen LogP contribution in [0.2, 0.25) is 5.02 Å². The third-order valence-corrected chi connectivity index (χ3v) is 6.22. The highest BCUT2D eigenvalue weighted by Gasteiger charge is 2.49. The molecule has 1 aliphatic rings. The van der Waals surface area contributed by atoms with Gasteiger partial charge in [0.2, 0.25) is 5.91 Å². The van der Waals surface area contributed by atoms with Gasteiger partial charge in [0.1, 0.15) is 5.37 Å². The molecule has 3 nitrogen and oxygen atoms in total. The van der Waals surface area contributed by atoms with Gasteiger partial charge >= 0.3 is 0 Å². The number of pyridine rings is 1. The molecule has 0 bridgehead atoms. The molecule has 2 unspecified atom stereocenters. The molecule has 0 radical (unpaired) electrons. The molecule has 1 fully saturated rings. The Labute approximate surface area is 152 Å². The number of carbonyl (C=O) groups excluding carboxylic acids is 1. The fourth-order valence-corrected chi connectivity index (χ4v) is 4.66. The number of thioether (sulfide) groups is 1. The Hall–Kier alpha value is -1.52. The van der Waals surface area contributed by atoms with Crippen molar-refractivity contribution in [2.24, 2.45) is 0 Å². The molecule has 0 aliphatic carbocycles. The number of unbranched alkanes of at least 4 members (excludes halogenated alkanes) is 1. The summed E-state index contributed by atoms with van der Waals surface area (Å²) < 4.78 is -0.407. The average Bonchev–Trinajstić information content (AvgIpc) is 2.87. The van der Waals surface area contributed by atoms with Crippen LogP contribution in [0.1, 0.15) is 44.0 Å². The van der Waals surface area contributed by atoms with Crippen molar-refractivity contribution in [2.45, 2.75) is 43.2 Å². The second-order valence-electron chi connectivity index (χ2n) is 6.24. The number of benzene rings is 1. The summed E-state index contributed by atoms with van der Waals surface area (Å²) in [5.41, 5.74) is 1.93. The maximum Gasteiger partial charge on any atom is 0.244 e. The molecule has 1 amide bonds. The summed E-state index contributed by atoms with van der Waals surface area (Å²) in [6, 6.07) is 11.4. The standard InChI is InChI=1S/C19H21ClN2OS/c1-3-4-11-19(2)18(23)22(16-9-7-15(20)8-10-16)17(24-19)14-6-5-12-21-13-14/h5-10,12-13,17H,3-4,11H2,1-2H3. The second-order valence-corrected chi connectivity index (χ2v) is 8.26. The van der Waals surface area contributed by atoms with Gasteiger partial charge in [-0.15, -0.1) is 11.8 Å². The molecular weight excluding hydrogens is 340 g/mol. The SMILES string of the molecule is CCCCC1(C)SC(c2cccnc2)N(c2ccc(Cl)cc2)C1=O. The zero-order chi connectivity index (χ0) is 17.2. The predicted molar refractivity (Wildman–Crippen MR) is 101 cm³/mol. The zero-order valence-electron chi connectivity index (χ0n) is 13.9. The molecule has 24 heavy (non-hydrogen) atoms. The Morgan fingerprint density at radius 1 is 1.29 bits per heavy atom. The minimum absolute atomic E-state index is 0.0609. The summed E-state index contributed by atoms with van der Waals surface area (Å²) in [5.74, 6) is 0.164. The van der Waals surface area contributed by atoms with Gasteiger partial charge in [-0.3, -0.25) is 14.7 Å². The number of anilines is 1. The number of nitrogens with zero attached hydrogens (tertiary/aromatic N) is 2. The maximum atomic E-state index is 13.3.